The molecular formula is C16H23N3O. The summed E-state index contributed by atoms with van der Waals surface area (Å²) in [5.74, 6) is 0.932. The van der Waals surface area contributed by atoms with E-state index in [1.165, 1.54) is 11.1 Å². The third-order valence-corrected chi connectivity index (χ3v) is 3.58. The summed E-state index contributed by atoms with van der Waals surface area (Å²) in [6.07, 6.45) is 3.70. The highest BCUT2D eigenvalue weighted by atomic mass is 16.5. The van der Waals surface area contributed by atoms with Gasteiger partial charge in [-0.3, -0.25) is 0 Å². The van der Waals surface area contributed by atoms with Gasteiger partial charge in [0.2, 0.25) is 0 Å². The van der Waals surface area contributed by atoms with Crippen molar-refractivity contribution in [2.75, 3.05) is 7.05 Å². The molecule has 0 fully saturated rings. The summed E-state index contributed by atoms with van der Waals surface area (Å²) in [5.41, 5.74) is 3.53. The Hall–Kier alpha value is -1.81. The summed E-state index contributed by atoms with van der Waals surface area (Å²) in [6, 6.07) is 6.57. The lowest BCUT2D eigenvalue weighted by atomic mass is 10.0. The summed E-state index contributed by atoms with van der Waals surface area (Å²) < 4.78 is 8.09. The van der Waals surface area contributed by atoms with E-state index in [9.17, 15) is 0 Å². The van der Waals surface area contributed by atoms with Gasteiger partial charge in [0.25, 0.3) is 0 Å². The van der Waals surface area contributed by atoms with E-state index in [0.29, 0.717) is 6.61 Å². The molecule has 0 aliphatic carbocycles. The third-order valence-electron chi connectivity index (χ3n) is 3.58. The van der Waals surface area contributed by atoms with E-state index >= 15 is 0 Å². The molecule has 2 aromatic rings. The molecule has 1 heterocycles. The minimum Gasteiger partial charge on any atom is -0.487 e. The Bertz CT molecular complexity index is 563. The fraction of sp³-hybridized carbons (Fsp3) is 0.438. The smallest absolute Gasteiger partial charge is 0.130 e. The molecule has 0 spiro atoms. The van der Waals surface area contributed by atoms with Crippen LogP contribution < -0.4 is 10.1 Å². The van der Waals surface area contributed by atoms with Crippen molar-refractivity contribution < 1.29 is 4.74 Å². The highest BCUT2D eigenvalue weighted by Crippen LogP contribution is 2.26. The van der Waals surface area contributed by atoms with Crippen molar-refractivity contribution in [1.82, 2.24) is 14.9 Å². The van der Waals surface area contributed by atoms with Gasteiger partial charge in [-0.05, 0) is 33.9 Å². The maximum atomic E-state index is 6.00. The molecule has 0 saturated heterocycles. The quantitative estimate of drug-likeness (QED) is 0.879. The number of rotatable bonds is 6. The zero-order valence-electron chi connectivity index (χ0n) is 12.7. The molecule has 0 radical (unpaired) electrons. The molecule has 1 atom stereocenters. The fourth-order valence-electron chi connectivity index (χ4n) is 2.20. The van der Waals surface area contributed by atoms with Gasteiger partial charge in [-0.15, -0.1) is 0 Å². The van der Waals surface area contributed by atoms with E-state index in [2.05, 4.69) is 47.8 Å². The zero-order valence-corrected chi connectivity index (χ0v) is 12.7. The number of hydrogen-bond donors (Lipinski definition) is 1. The maximum Gasteiger partial charge on any atom is 0.130 e. The van der Waals surface area contributed by atoms with Crippen molar-refractivity contribution in [2.24, 2.45) is 0 Å². The Labute approximate surface area is 120 Å². The molecule has 108 valence electrons. The normalized spacial score (nSPS) is 12.4. The average molecular weight is 273 g/mol. The van der Waals surface area contributed by atoms with Crippen LogP contribution in [0.15, 0.2) is 30.7 Å². The first-order valence-electron chi connectivity index (χ1n) is 7.05. The topological polar surface area (TPSA) is 39.1 Å². The average Bonchev–Trinajstić information content (AvgIpc) is 2.92. The molecule has 0 saturated carbocycles. The predicted octanol–water partition coefficient (Wildman–Crippen LogP) is 3.07. The number of aryl methyl sites for hydroxylation is 2. The van der Waals surface area contributed by atoms with Crippen molar-refractivity contribution in [1.29, 1.82) is 0 Å². The number of nitrogens with zero attached hydrogens (tertiary/aromatic N) is 2. The highest BCUT2D eigenvalue weighted by Gasteiger charge is 2.11. The Morgan fingerprint density at radius 2 is 2.20 bits per heavy atom. The molecule has 1 unspecified atom stereocenters. The molecule has 4 nitrogen and oxygen atoms in total. The first-order chi connectivity index (χ1) is 9.65. The largest absolute Gasteiger partial charge is 0.487 e. The van der Waals surface area contributed by atoms with Crippen LogP contribution in [0, 0.1) is 6.92 Å². The second-order valence-electron chi connectivity index (χ2n) is 5.01. The molecule has 2 rings (SSSR count). The van der Waals surface area contributed by atoms with E-state index in [1.807, 2.05) is 25.6 Å². The maximum absolute atomic E-state index is 6.00. The fourth-order valence-corrected chi connectivity index (χ4v) is 2.20. The Morgan fingerprint density at radius 1 is 1.40 bits per heavy atom. The minimum atomic E-state index is 0.265. The lowest BCUT2D eigenvalue weighted by Crippen LogP contribution is -2.14. The van der Waals surface area contributed by atoms with Crippen LogP contribution in [0.2, 0.25) is 0 Å². The lowest BCUT2D eigenvalue weighted by molar-refractivity contribution is 0.290. The molecule has 20 heavy (non-hydrogen) atoms. The summed E-state index contributed by atoms with van der Waals surface area (Å²) >= 11 is 0. The number of aromatic nitrogens is 2. The van der Waals surface area contributed by atoms with Crippen molar-refractivity contribution in [3.05, 3.63) is 47.5 Å². The van der Waals surface area contributed by atoms with Crippen LogP contribution in [-0.2, 0) is 13.2 Å². The van der Waals surface area contributed by atoms with E-state index in [-0.39, 0.29) is 6.04 Å². The highest BCUT2D eigenvalue weighted by molar-refractivity contribution is 5.39. The van der Waals surface area contributed by atoms with Gasteiger partial charge in [-0.1, -0.05) is 17.7 Å². The van der Waals surface area contributed by atoms with Crippen molar-refractivity contribution >= 4 is 0 Å². The molecule has 0 bridgehead atoms. The summed E-state index contributed by atoms with van der Waals surface area (Å²) in [5, 5.41) is 3.27. The van der Waals surface area contributed by atoms with Gasteiger partial charge in [-0.25, -0.2) is 4.98 Å². The molecular weight excluding hydrogens is 250 g/mol. The molecule has 1 aromatic carbocycles. The van der Waals surface area contributed by atoms with Crippen LogP contribution in [0.1, 0.15) is 36.7 Å². The predicted molar refractivity (Wildman–Crippen MR) is 80.9 cm³/mol. The summed E-state index contributed by atoms with van der Waals surface area (Å²) in [7, 11) is 1.96. The number of hydrogen-bond acceptors (Lipinski definition) is 3. The van der Waals surface area contributed by atoms with Gasteiger partial charge >= 0.3 is 0 Å². The van der Waals surface area contributed by atoms with Crippen molar-refractivity contribution in [3.63, 3.8) is 0 Å². The summed E-state index contributed by atoms with van der Waals surface area (Å²) in [6.45, 7) is 7.79. The van der Waals surface area contributed by atoms with E-state index in [4.69, 9.17) is 4.74 Å². The number of ether oxygens (including phenoxy) is 1. The third kappa shape index (κ3) is 3.20. The number of benzene rings is 1. The second-order valence-corrected chi connectivity index (χ2v) is 5.01. The molecule has 0 aliphatic rings. The second kappa shape index (κ2) is 6.57. The first kappa shape index (κ1) is 14.6. The Kier molecular flexibility index (Phi) is 4.79. The summed E-state index contributed by atoms with van der Waals surface area (Å²) in [4.78, 5) is 4.16. The van der Waals surface area contributed by atoms with Gasteiger partial charge in [-0.2, -0.15) is 0 Å². The molecule has 1 aromatic heterocycles. The minimum absolute atomic E-state index is 0.265. The van der Waals surface area contributed by atoms with Gasteiger partial charge < -0.3 is 14.6 Å². The Balaban J connectivity index is 2.17. The van der Waals surface area contributed by atoms with Gasteiger partial charge in [0.15, 0.2) is 0 Å². The Morgan fingerprint density at radius 3 is 2.90 bits per heavy atom. The van der Waals surface area contributed by atoms with Crippen molar-refractivity contribution in [3.8, 4) is 5.75 Å². The SMILES string of the molecule is CCn1cncc1COc1ccc(C)cc1C(C)NC. The van der Waals surface area contributed by atoms with Gasteiger partial charge in [0.1, 0.15) is 12.4 Å². The van der Waals surface area contributed by atoms with E-state index in [0.717, 1.165) is 18.0 Å². The standard InChI is InChI=1S/C16H23N3O/c1-5-19-11-18-9-14(19)10-20-16-7-6-12(2)8-15(16)13(3)17-4/h6-9,11,13,17H,5,10H2,1-4H3. The molecule has 4 heteroatoms. The monoisotopic (exact) mass is 273 g/mol. The van der Waals surface area contributed by atoms with Crippen LogP contribution in [0.25, 0.3) is 0 Å². The number of nitrogens with one attached hydrogen (secondary N) is 1. The van der Waals surface area contributed by atoms with Crippen LogP contribution in [-0.4, -0.2) is 16.6 Å². The lowest BCUT2D eigenvalue weighted by Gasteiger charge is -2.17. The van der Waals surface area contributed by atoms with E-state index in [1.54, 1.807) is 0 Å². The molecule has 1 N–H and O–H groups in total. The van der Waals surface area contributed by atoms with Gasteiger partial charge in [0, 0.05) is 18.2 Å². The number of imidazole rings is 1. The van der Waals surface area contributed by atoms with Crippen LogP contribution in [0.3, 0.4) is 0 Å². The first-order valence-corrected chi connectivity index (χ1v) is 7.05. The van der Waals surface area contributed by atoms with E-state index < -0.39 is 0 Å². The van der Waals surface area contributed by atoms with Crippen molar-refractivity contribution in [2.45, 2.75) is 40.0 Å². The van der Waals surface area contributed by atoms with Crippen LogP contribution >= 0.6 is 0 Å². The van der Waals surface area contributed by atoms with Gasteiger partial charge in [0.05, 0.1) is 18.2 Å². The van der Waals surface area contributed by atoms with Crippen LogP contribution in [0.4, 0.5) is 0 Å². The molecule has 0 aliphatic heterocycles. The molecule has 0 amide bonds. The van der Waals surface area contributed by atoms with Crippen LogP contribution in [0.5, 0.6) is 5.75 Å². The zero-order chi connectivity index (χ0) is 14.5.